The Kier molecular flexibility index (Phi) is 3.76. The quantitative estimate of drug-likeness (QED) is 0.827. The Hall–Kier alpha value is -1.69. The molecule has 1 unspecified atom stereocenters. The smallest absolute Gasteiger partial charge is 0.272 e. The van der Waals surface area contributed by atoms with Gasteiger partial charge in [0.15, 0.2) is 5.69 Å². The van der Waals surface area contributed by atoms with E-state index in [1.165, 1.54) is 0 Å². The molecule has 1 saturated heterocycles. The van der Waals surface area contributed by atoms with E-state index in [-0.39, 0.29) is 11.4 Å². The van der Waals surface area contributed by atoms with Crippen LogP contribution >= 0.6 is 0 Å². The minimum absolute atomic E-state index is 0.210. The van der Waals surface area contributed by atoms with Crippen molar-refractivity contribution in [2.75, 3.05) is 25.1 Å². The summed E-state index contributed by atoms with van der Waals surface area (Å²) in [7, 11) is 0. The molecule has 1 aliphatic rings. The average Bonchev–Trinajstić information content (AvgIpc) is 2.77. The first-order chi connectivity index (χ1) is 8.63. The molecule has 1 aliphatic heterocycles. The van der Waals surface area contributed by atoms with Crippen LogP contribution in [0, 0.1) is 0 Å². The number of nitrogens with one attached hydrogen (secondary N) is 2. The molecule has 1 atom stereocenters. The van der Waals surface area contributed by atoms with Crippen LogP contribution in [0.2, 0.25) is 0 Å². The minimum Gasteiger partial charge on any atom is -0.379 e. The number of carbonyl (C=O) groups is 1. The highest BCUT2D eigenvalue weighted by Gasteiger charge is 2.31. The van der Waals surface area contributed by atoms with Crippen LogP contribution < -0.4 is 10.6 Å². The summed E-state index contributed by atoms with van der Waals surface area (Å²) < 4.78 is 5.29. The van der Waals surface area contributed by atoms with Crippen LogP contribution in [0.5, 0.6) is 0 Å². The van der Waals surface area contributed by atoms with Crippen molar-refractivity contribution in [3.05, 3.63) is 17.8 Å². The van der Waals surface area contributed by atoms with Gasteiger partial charge in [-0.15, -0.1) is 10.2 Å². The molecule has 1 aromatic heterocycles. The SMILES string of the molecule is CCNc1ccc(C(=O)NC2(C)CCOC2)nn1. The zero-order chi connectivity index (χ0) is 13.0. The maximum absolute atomic E-state index is 12.0. The molecule has 1 aromatic rings. The molecule has 0 saturated carbocycles. The van der Waals surface area contributed by atoms with Crippen molar-refractivity contribution < 1.29 is 9.53 Å². The molecule has 0 aromatic carbocycles. The summed E-state index contributed by atoms with van der Waals surface area (Å²) >= 11 is 0. The summed E-state index contributed by atoms with van der Waals surface area (Å²) in [5.74, 6) is 0.461. The zero-order valence-electron chi connectivity index (χ0n) is 10.7. The van der Waals surface area contributed by atoms with Crippen LogP contribution in [0.25, 0.3) is 0 Å². The Balaban J connectivity index is 2.00. The number of nitrogens with zero attached hydrogens (tertiary/aromatic N) is 2. The average molecular weight is 250 g/mol. The van der Waals surface area contributed by atoms with E-state index >= 15 is 0 Å². The van der Waals surface area contributed by atoms with Gasteiger partial charge in [-0.25, -0.2) is 0 Å². The molecule has 0 aliphatic carbocycles. The standard InChI is InChI=1S/C12H18N4O2/c1-3-13-10-5-4-9(15-16-10)11(17)14-12(2)6-7-18-8-12/h4-5H,3,6-8H2,1-2H3,(H,13,16)(H,14,17). The molecule has 1 amide bonds. The summed E-state index contributed by atoms with van der Waals surface area (Å²) in [6, 6.07) is 3.42. The monoisotopic (exact) mass is 250 g/mol. The third-order valence-corrected chi connectivity index (χ3v) is 2.89. The molecule has 18 heavy (non-hydrogen) atoms. The zero-order valence-corrected chi connectivity index (χ0v) is 10.7. The molecule has 0 spiro atoms. The molecular formula is C12H18N4O2. The van der Waals surface area contributed by atoms with Gasteiger partial charge in [-0.1, -0.05) is 0 Å². The highest BCUT2D eigenvalue weighted by atomic mass is 16.5. The fourth-order valence-electron chi connectivity index (χ4n) is 1.83. The number of carbonyl (C=O) groups excluding carboxylic acids is 1. The molecule has 2 N–H and O–H groups in total. The molecule has 1 fully saturated rings. The Bertz CT molecular complexity index is 413. The van der Waals surface area contributed by atoms with E-state index in [0.29, 0.717) is 24.7 Å². The summed E-state index contributed by atoms with van der Waals surface area (Å²) in [5.41, 5.74) is 0.0313. The summed E-state index contributed by atoms with van der Waals surface area (Å²) in [6.45, 7) is 5.95. The molecule has 2 heterocycles. The van der Waals surface area contributed by atoms with Crippen molar-refractivity contribution in [2.45, 2.75) is 25.8 Å². The van der Waals surface area contributed by atoms with Crippen molar-refractivity contribution in [3.63, 3.8) is 0 Å². The summed E-state index contributed by atoms with van der Waals surface area (Å²) in [6.07, 6.45) is 0.821. The predicted molar refractivity (Wildman–Crippen MR) is 67.5 cm³/mol. The fourth-order valence-corrected chi connectivity index (χ4v) is 1.83. The second-order valence-corrected chi connectivity index (χ2v) is 4.65. The van der Waals surface area contributed by atoms with Crippen LogP contribution in [0.15, 0.2) is 12.1 Å². The minimum atomic E-state index is -0.293. The lowest BCUT2D eigenvalue weighted by Crippen LogP contribution is -2.46. The number of amides is 1. The largest absolute Gasteiger partial charge is 0.379 e. The van der Waals surface area contributed by atoms with E-state index in [0.717, 1.165) is 13.0 Å². The number of hydrogen-bond donors (Lipinski definition) is 2. The molecular weight excluding hydrogens is 232 g/mol. The van der Waals surface area contributed by atoms with E-state index in [9.17, 15) is 4.79 Å². The number of hydrogen-bond acceptors (Lipinski definition) is 5. The lowest BCUT2D eigenvalue weighted by atomic mass is 10.0. The normalized spacial score (nSPS) is 22.8. The summed E-state index contributed by atoms with van der Waals surface area (Å²) in [5, 5.41) is 13.8. The Labute approximate surface area is 106 Å². The fraction of sp³-hybridized carbons (Fsp3) is 0.583. The highest BCUT2D eigenvalue weighted by molar-refractivity contribution is 5.92. The number of aromatic nitrogens is 2. The van der Waals surface area contributed by atoms with E-state index in [4.69, 9.17) is 4.74 Å². The van der Waals surface area contributed by atoms with Gasteiger partial charge in [0.1, 0.15) is 5.82 Å². The molecule has 0 bridgehead atoms. The van der Waals surface area contributed by atoms with Crippen LogP contribution in [0.3, 0.4) is 0 Å². The lowest BCUT2D eigenvalue weighted by Gasteiger charge is -2.22. The van der Waals surface area contributed by atoms with Crippen LogP contribution in [-0.2, 0) is 4.74 Å². The Morgan fingerprint density at radius 1 is 1.50 bits per heavy atom. The first kappa shape index (κ1) is 12.8. The van der Waals surface area contributed by atoms with Crippen molar-refractivity contribution in [1.29, 1.82) is 0 Å². The summed E-state index contributed by atoms with van der Waals surface area (Å²) in [4.78, 5) is 12.0. The third-order valence-electron chi connectivity index (χ3n) is 2.89. The topological polar surface area (TPSA) is 76.1 Å². The van der Waals surface area contributed by atoms with Gasteiger partial charge in [0.25, 0.3) is 5.91 Å². The van der Waals surface area contributed by atoms with Crippen molar-refractivity contribution in [3.8, 4) is 0 Å². The van der Waals surface area contributed by atoms with Gasteiger partial charge < -0.3 is 15.4 Å². The van der Waals surface area contributed by atoms with Crippen LogP contribution in [0.1, 0.15) is 30.8 Å². The number of anilines is 1. The van der Waals surface area contributed by atoms with Gasteiger partial charge in [0.2, 0.25) is 0 Å². The van der Waals surface area contributed by atoms with Crippen LogP contribution in [-0.4, -0.2) is 41.4 Å². The lowest BCUT2D eigenvalue weighted by molar-refractivity contribution is 0.0884. The van der Waals surface area contributed by atoms with Gasteiger partial charge in [-0.05, 0) is 32.4 Å². The first-order valence-electron chi connectivity index (χ1n) is 6.11. The molecule has 2 rings (SSSR count). The van der Waals surface area contributed by atoms with Gasteiger partial charge in [-0.3, -0.25) is 4.79 Å². The van der Waals surface area contributed by atoms with Gasteiger partial charge in [0.05, 0.1) is 12.1 Å². The molecule has 98 valence electrons. The van der Waals surface area contributed by atoms with E-state index in [1.54, 1.807) is 12.1 Å². The van der Waals surface area contributed by atoms with Crippen LogP contribution in [0.4, 0.5) is 5.82 Å². The van der Waals surface area contributed by atoms with Gasteiger partial charge in [0, 0.05) is 13.2 Å². The highest BCUT2D eigenvalue weighted by Crippen LogP contribution is 2.17. The van der Waals surface area contributed by atoms with E-state index < -0.39 is 0 Å². The van der Waals surface area contributed by atoms with E-state index in [2.05, 4.69) is 20.8 Å². The molecule has 6 heteroatoms. The predicted octanol–water partition coefficient (Wildman–Crippen LogP) is 0.817. The Morgan fingerprint density at radius 3 is 2.89 bits per heavy atom. The van der Waals surface area contributed by atoms with Gasteiger partial charge >= 0.3 is 0 Å². The van der Waals surface area contributed by atoms with Crippen molar-refractivity contribution >= 4 is 11.7 Å². The second kappa shape index (κ2) is 5.30. The molecule has 0 radical (unpaired) electrons. The molecule has 6 nitrogen and oxygen atoms in total. The Morgan fingerprint density at radius 2 is 2.33 bits per heavy atom. The second-order valence-electron chi connectivity index (χ2n) is 4.65. The maximum Gasteiger partial charge on any atom is 0.272 e. The van der Waals surface area contributed by atoms with E-state index in [1.807, 2.05) is 13.8 Å². The maximum atomic E-state index is 12.0. The number of rotatable bonds is 4. The number of ether oxygens (including phenoxy) is 1. The van der Waals surface area contributed by atoms with Crippen molar-refractivity contribution in [2.24, 2.45) is 0 Å². The third kappa shape index (κ3) is 2.95. The first-order valence-corrected chi connectivity index (χ1v) is 6.11. The van der Waals surface area contributed by atoms with Gasteiger partial charge in [-0.2, -0.15) is 0 Å². The van der Waals surface area contributed by atoms with Crippen molar-refractivity contribution in [1.82, 2.24) is 15.5 Å².